The van der Waals surface area contributed by atoms with Gasteiger partial charge >= 0.3 is 31.4 Å². The summed E-state index contributed by atoms with van der Waals surface area (Å²) in [5, 5.41) is 90.5. The number of hydrogen-bond donors (Lipinski definition) is 8. The van der Waals surface area contributed by atoms with Crippen molar-refractivity contribution in [3.8, 4) is 0 Å². The number of cyclic esters (lactones) is 2. The topological polar surface area (TPSA) is 295 Å². The largest absolute Gasteiger partial charge is 2.00 e. The third-order valence-electron chi connectivity index (χ3n) is 9.92. The van der Waals surface area contributed by atoms with Crippen molar-refractivity contribution >= 4 is 23.9 Å². The van der Waals surface area contributed by atoms with E-state index in [1.807, 2.05) is 0 Å². The van der Waals surface area contributed by atoms with Crippen LogP contribution in [0.1, 0.15) is 194 Å². The van der Waals surface area contributed by atoms with Crippen molar-refractivity contribution in [1.82, 2.24) is 0 Å². The van der Waals surface area contributed by atoms with E-state index in [1.165, 1.54) is 141 Å². The minimum atomic E-state index is -1.42. The van der Waals surface area contributed by atoms with Crippen molar-refractivity contribution in [2.45, 2.75) is 218 Å². The van der Waals surface area contributed by atoms with E-state index in [1.54, 1.807) is 0 Å². The van der Waals surface area contributed by atoms with E-state index >= 15 is 0 Å². The van der Waals surface area contributed by atoms with Crippen LogP contribution in [0.3, 0.4) is 0 Å². The van der Waals surface area contributed by atoms with E-state index in [9.17, 15) is 29.4 Å². The molecular formula is C44H78O16Zn. The van der Waals surface area contributed by atoms with E-state index in [0.717, 1.165) is 25.7 Å². The number of ether oxygens (including phenoxy) is 2. The fraction of sp³-hybridized carbons (Fsp3) is 0.818. The molecule has 8 N–H and O–H groups in total. The Morgan fingerprint density at radius 1 is 0.475 bits per heavy atom. The first-order chi connectivity index (χ1) is 28.7. The molecule has 2 aliphatic rings. The number of rotatable bonds is 32. The van der Waals surface area contributed by atoms with Crippen molar-refractivity contribution < 1.29 is 99.2 Å². The Hall–Kier alpha value is -2.98. The molecule has 0 unspecified atom stereocenters. The van der Waals surface area contributed by atoms with Gasteiger partial charge in [-0.15, -0.1) is 0 Å². The number of esters is 2. The zero-order valence-corrected chi connectivity index (χ0v) is 40.0. The maximum atomic E-state index is 10.5. The van der Waals surface area contributed by atoms with Crippen LogP contribution in [0.2, 0.25) is 0 Å². The zero-order chi connectivity index (χ0) is 45.6. The van der Waals surface area contributed by atoms with Crippen LogP contribution in [0, 0.1) is 0 Å². The van der Waals surface area contributed by atoms with Gasteiger partial charge in [0.15, 0.2) is 23.7 Å². The quantitative estimate of drug-likeness (QED) is 0.0231. The van der Waals surface area contributed by atoms with Gasteiger partial charge in [-0.05, 0) is 25.7 Å². The molecule has 2 heterocycles. The normalized spacial score (nSPS) is 16.5. The van der Waals surface area contributed by atoms with Crippen LogP contribution < -0.4 is 10.2 Å². The number of carboxylic acid groups (broad SMARTS) is 2. The number of carbonyl (C=O) groups excluding carboxylic acids is 4. The van der Waals surface area contributed by atoms with E-state index in [0.29, 0.717) is 0 Å². The number of aliphatic carboxylic acids is 2. The second-order valence-electron chi connectivity index (χ2n) is 15.3. The van der Waals surface area contributed by atoms with Crippen molar-refractivity contribution in [2.24, 2.45) is 0 Å². The minimum Gasteiger partial charge on any atom is -0.550 e. The molecule has 0 aliphatic carbocycles. The van der Waals surface area contributed by atoms with Gasteiger partial charge in [0.05, 0.1) is 13.2 Å². The van der Waals surface area contributed by atoms with Gasteiger partial charge in [0.2, 0.25) is 11.5 Å². The summed E-state index contributed by atoms with van der Waals surface area (Å²) < 4.78 is 8.63. The second-order valence-corrected chi connectivity index (χ2v) is 15.3. The van der Waals surface area contributed by atoms with Crippen molar-refractivity contribution in [1.29, 1.82) is 0 Å². The van der Waals surface area contributed by atoms with Gasteiger partial charge in [-0.2, -0.15) is 0 Å². The third kappa shape index (κ3) is 34.2. The molecule has 0 amide bonds. The number of carboxylic acids is 2. The summed E-state index contributed by atoms with van der Waals surface area (Å²) in [5.41, 5.74) is 0. The maximum absolute atomic E-state index is 10.5. The van der Waals surface area contributed by atoms with Gasteiger partial charge < -0.3 is 70.1 Å². The Balaban J connectivity index is -0.000000743. The molecule has 0 radical (unpaired) electrons. The summed E-state index contributed by atoms with van der Waals surface area (Å²) in [6.07, 6.45) is 28.3. The van der Waals surface area contributed by atoms with Crippen molar-refractivity contribution in [3.05, 3.63) is 23.0 Å². The summed E-state index contributed by atoms with van der Waals surface area (Å²) in [5.74, 6) is -7.37. The molecular weight excluding hydrogens is 850 g/mol. The van der Waals surface area contributed by atoms with Gasteiger partial charge in [-0.3, -0.25) is 0 Å². The Morgan fingerprint density at radius 2 is 0.689 bits per heavy atom. The van der Waals surface area contributed by atoms with E-state index in [4.69, 9.17) is 40.9 Å². The minimum absolute atomic E-state index is 0. The molecule has 61 heavy (non-hydrogen) atoms. The molecule has 16 nitrogen and oxygen atoms in total. The third-order valence-corrected chi connectivity index (χ3v) is 9.92. The molecule has 0 saturated carbocycles. The number of hydrogen-bond acceptors (Lipinski definition) is 16. The summed E-state index contributed by atoms with van der Waals surface area (Å²) in [6, 6.07) is 0. The van der Waals surface area contributed by atoms with Crippen LogP contribution in [0.15, 0.2) is 23.0 Å². The van der Waals surface area contributed by atoms with Gasteiger partial charge in [0, 0.05) is 11.9 Å². The summed E-state index contributed by atoms with van der Waals surface area (Å²) in [7, 11) is 0. The number of unbranched alkanes of at least 4 members (excludes halogenated alkanes) is 24. The van der Waals surface area contributed by atoms with Crippen LogP contribution in [-0.4, -0.2) is 102 Å². The first-order valence-corrected chi connectivity index (χ1v) is 22.3. The standard InChI is InChI=1S/2C16H32O2.2C6H8O6.Zn/c2*1-2-3-4-5-6-7-8-9-10-11-12-13-14-15-16(17)18;2*7-1-2(8)5-3(9)4(10)6(11)12-5;/h2*2-15H2,1H3,(H,17,18);2*2,5,7-10H,1H2;/q;;;;+2/p-2/t;;2*2-,5+;/m..00./s1. The first kappa shape index (κ1) is 62.3. The molecule has 4 atom stereocenters. The zero-order valence-electron chi connectivity index (χ0n) is 37.1. The van der Waals surface area contributed by atoms with Gasteiger partial charge in [-0.1, -0.05) is 168 Å². The molecule has 2 rings (SSSR count). The fourth-order valence-corrected chi connectivity index (χ4v) is 6.22. The molecule has 0 spiro atoms. The van der Waals surface area contributed by atoms with Crippen LogP contribution >= 0.6 is 0 Å². The van der Waals surface area contributed by atoms with Crippen LogP contribution in [0.25, 0.3) is 0 Å². The number of aliphatic hydroxyl groups is 8. The average molecular weight is 928 g/mol. The molecule has 0 saturated heterocycles. The average Bonchev–Trinajstić information content (AvgIpc) is 3.64. The Bertz CT molecular complexity index is 1100. The molecule has 17 heteroatoms. The van der Waals surface area contributed by atoms with Gasteiger partial charge in [0.25, 0.3) is 0 Å². The van der Waals surface area contributed by atoms with Gasteiger partial charge in [0.1, 0.15) is 12.2 Å². The van der Waals surface area contributed by atoms with E-state index in [-0.39, 0.29) is 32.3 Å². The SMILES string of the molecule is CCCCCCCCCCCCCCCC(=O)[O-].CCCCCCCCCCCCCCCC(=O)[O-].O=C1O[C@H]([C@@H](O)CO)C(O)=C1O.O=C1O[C@H]([C@@H](O)CO)C(O)=C1O.[Zn+2]. The fourth-order valence-electron chi connectivity index (χ4n) is 6.22. The van der Waals surface area contributed by atoms with Crippen molar-refractivity contribution in [3.63, 3.8) is 0 Å². The molecule has 0 fully saturated rings. The maximum Gasteiger partial charge on any atom is 2.00 e. The Kier molecular flexibility index (Phi) is 43.2. The number of aliphatic hydroxyl groups excluding tert-OH is 8. The van der Waals surface area contributed by atoms with Crippen LogP contribution in [0.5, 0.6) is 0 Å². The molecule has 2 aliphatic heterocycles. The van der Waals surface area contributed by atoms with Gasteiger partial charge in [-0.25, -0.2) is 9.59 Å². The smallest absolute Gasteiger partial charge is 0.550 e. The summed E-state index contributed by atoms with van der Waals surface area (Å²) >= 11 is 0. The van der Waals surface area contributed by atoms with E-state index in [2.05, 4.69) is 23.3 Å². The molecule has 0 aromatic rings. The summed E-state index contributed by atoms with van der Waals surface area (Å²) in [4.78, 5) is 41.4. The molecule has 0 bridgehead atoms. The molecule has 0 aromatic heterocycles. The number of carbonyl (C=O) groups is 4. The Morgan fingerprint density at radius 3 is 0.852 bits per heavy atom. The monoisotopic (exact) mass is 926 g/mol. The predicted octanol–water partition coefficient (Wildman–Crippen LogP) is 5.62. The second kappa shape index (κ2) is 42.3. The Labute approximate surface area is 376 Å². The molecule has 0 aromatic carbocycles. The predicted molar refractivity (Wildman–Crippen MR) is 221 cm³/mol. The van der Waals surface area contributed by atoms with Crippen LogP contribution in [-0.2, 0) is 48.1 Å². The van der Waals surface area contributed by atoms with E-state index < -0.39 is 84.5 Å². The molecule has 352 valence electrons. The van der Waals surface area contributed by atoms with Crippen molar-refractivity contribution in [2.75, 3.05) is 13.2 Å². The van der Waals surface area contributed by atoms with Crippen LogP contribution in [0.4, 0.5) is 0 Å². The first-order valence-electron chi connectivity index (χ1n) is 22.3. The summed E-state index contributed by atoms with van der Waals surface area (Å²) in [6.45, 7) is 3.17.